The van der Waals surface area contributed by atoms with E-state index in [1.807, 2.05) is 81.4 Å². The fourth-order valence-electron chi connectivity index (χ4n) is 4.87. The van der Waals surface area contributed by atoms with Crippen LogP contribution in [-0.2, 0) is 32.6 Å². The first kappa shape index (κ1) is 32.0. The number of aryl methyl sites for hydroxylation is 1. The summed E-state index contributed by atoms with van der Waals surface area (Å²) in [5, 5.41) is 2.88. The smallest absolute Gasteiger partial charge is 0.264 e. The van der Waals surface area contributed by atoms with Gasteiger partial charge >= 0.3 is 0 Å². The number of carbonyl (C=O) groups excluding carboxylic acids is 2. The van der Waals surface area contributed by atoms with Gasteiger partial charge in [0, 0.05) is 24.0 Å². The van der Waals surface area contributed by atoms with Crippen LogP contribution in [-0.4, -0.2) is 44.3 Å². The minimum atomic E-state index is -4.14. The highest BCUT2D eigenvalue weighted by atomic mass is 79.9. The SMILES string of the molecule is CCNC(=O)[C@@H](Cc1ccccc1)N(Cc1ccc(Br)cc1)C(=O)CN(c1cccc(C)c1C)S(=O)(=O)c1ccccc1. The fourth-order valence-corrected chi connectivity index (χ4v) is 6.63. The summed E-state index contributed by atoms with van der Waals surface area (Å²) in [6, 6.07) is 29.6. The minimum Gasteiger partial charge on any atom is -0.355 e. The Morgan fingerprint density at radius 1 is 0.814 bits per heavy atom. The number of nitrogens with one attached hydrogen (secondary N) is 1. The second-order valence-corrected chi connectivity index (χ2v) is 13.1. The summed E-state index contributed by atoms with van der Waals surface area (Å²) in [7, 11) is -4.14. The maximum absolute atomic E-state index is 14.4. The Bertz CT molecular complexity index is 1650. The molecule has 1 atom stereocenters. The van der Waals surface area contributed by atoms with E-state index in [-0.39, 0.29) is 23.8 Å². The van der Waals surface area contributed by atoms with Gasteiger partial charge in [-0.15, -0.1) is 0 Å². The van der Waals surface area contributed by atoms with Crippen LogP contribution in [0.2, 0.25) is 0 Å². The van der Waals surface area contributed by atoms with E-state index in [9.17, 15) is 18.0 Å². The van der Waals surface area contributed by atoms with Crippen LogP contribution in [0.4, 0.5) is 5.69 Å². The van der Waals surface area contributed by atoms with Gasteiger partial charge in [-0.25, -0.2) is 8.42 Å². The summed E-state index contributed by atoms with van der Waals surface area (Å²) >= 11 is 3.45. The Morgan fingerprint density at radius 2 is 1.44 bits per heavy atom. The van der Waals surface area contributed by atoms with Crippen molar-refractivity contribution in [3.63, 3.8) is 0 Å². The van der Waals surface area contributed by atoms with Crippen LogP contribution in [0.5, 0.6) is 0 Å². The number of rotatable bonds is 12. The highest BCUT2D eigenvalue weighted by Crippen LogP contribution is 2.29. The van der Waals surface area contributed by atoms with E-state index in [2.05, 4.69) is 21.2 Å². The molecule has 0 spiro atoms. The zero-order valence-corrected chi connectivity index (χ0v) is 26.9. The normalized spacial score (nSPS) is 11.9. The first-order valence-corrected chi connectivity index (χ1v) is 16.3. The van der Waals surface area contributed by atoms with Crippen molar-refractivity contribution in [3.05, 3.63) is 130 Å². The van der Waals surface area contributed by atoms with E-state index in [1.165, 1.54) is 21.3 Å². The number of sulfonamides is 1. The lowest BCUT2D eigenvalue weighted by Gasteiger charge is -2.34. The number of nitrogens with zero attached hydrogens (tertiary/aromatic N) is 2. The van der Waals surface area contributed by atoms with E-state index < -0.39 is 28.5 Å². The van der Waals surface area contributed by atoms with Crippen LogP contribution < -0.4 is 9.62 Å². The molecule has 9 heteroatoms. The van der Waals surface area contributed by atoms with Gasteiger partial charge in [-0.2, -0.15) is 0 Å². The Hall–Kier alpha value is -3.95. The molecule has 4 aromatic carbocycles. The lowest BCUT2D eigenvalue weighted by atomic mass is 10.0. The lowest BCUT2D eigenvalue weighted by Crippen LogP contribution is -2.53. The summed E-state index contributed by atoms with van der Waals surface area (Å²) < 4.78 is 30.3. The molecule has 0 bridgehead atoms. The topological polar surface area (TPSA) is 86.8 Å². The second kappa shape index (κ2) is 14.5. The van der Waals surface area contributed by atoms with Gasteiger partial charge in [0.1, 0.15) is 12.6 Å². The molecule has 0 aromatic heterocycles. The van der Waals surface area contributed by atoms with Gasteiger partial charge in [0.05, 0.1) is 10.6 Å². The molecule has 0 radical (unpaired) electrons. The number of halogens is 1. The minimum absolute atomic E-state index is 0.0766. The van der Waals surface area contributed by atoms with Crippen molar-refractivity contribution in [3.8, 4) is 0 Å². The van der Waals surface area contributed by atoms with Crippen molar-refractivity contribution in [2.75, 3.05) is 17.4 Å². The highest BCUT2D eigenvalue weighted by molar-refractivity contribution is 9.10. The Kier molecular flexibility index (Phi) is 10.8. The largest absolute Gasteiger partial charge is 0.355 e. The predicted molar refractivity (Wildman–Crippen MR) is 174 cm³/mol. The molecule has 0 unspecified atom stereocenters. The monoisotopic (exact) mass is 661 g/mol. The van der Waals surface area contributed by atoms with Crippen molar-refractivity contribution < 1.29 is 18.0 Å². The number of hydrogen-bond donors (Lipinski definition) is 1. The molecule has 0 fully saturated rings. The van der Waals surface area contributed by atoms with Gasteiger partial charge in [-0.1, -0.05) is 88.7 Å². The van der Waals surface area contributed by atoms with Crippen LogP contribution >= 0.6 is 15.9 Å². The molecule has 4 rings (SSSR count). The average molecular weight is 663 g/mol. The Morgan fingerprint density at radius 3 is 2.07 bits per heavy atom. The number of benzene rings is 4. The molecule has 2 amide bonds. The molecular weight excluding hydrogens is 626 g/mol. The standard InChI is InChI=1S/C34H36BrN3O4S/c1-4-36-34(40)32(22-27-13-7-5-8-14-27)37(23-28-18-20-29(35)21-19-28)33(39)24-38(31-17-11-12-25(2)26(31)3)43(41,42)30-15-9-6-10-16-30/h5-21,32H,4,22-24H2,1-3H3,(H,36,40)/t32-/m1/s1. The number of carbonyl (C=O) groups is 2. The first-order valence-electron chi connectivity index (χ1n) is 14.1. The van der Waals surface area contributed by atoms with E-state index in [4.69, 9.17) is 0 Å². The van der Waals surface area contributed by atoms with Gasteiger partial charge in [-0.05, 0) is 73.4 Å². The summed E-state index contributed by atoms with van der Waals surface area (Å²) in [5.74, 6) is -0.795. The second-order valence-electron chi connectivity index (χ2n) is 10.3. The third-order valence-electron chi connectivity index (χ3n) is 7.34. The van der Waals surface area contributed by atoms with Crippen molar-refractivity contribution in [1.29, 1.82) is 0 Å². The van der Waals surface area contributed by atoms with E-state index in [0.29, 0.717) is 12.2 Å². The van der Waals surface area contributed by atoms with Crippen LogP contribution in [0.25, 0.3) is 0 Å². The Labute approximate surface area is 262 Å². The molecule has 0 aliphatic carbocycles. The lowest BCUT2D eigenvalue weighted by molar-refractivity contribution is -0.140. The van der Waals surface area contributed by atoms with Crippen LogP contribution in [0.3, 0.4) is 0 Å². The number of likely N-dealkylation sites (N-methyl/N-ethyl adjacent to an activating group) is 1. The molecule has 0 aliphatic rings. The zero-order valence-electron chi connectivity index (χ0n) is 24.5. The number of amides is 2. The van der Waals surface area contributed by atoms with Crippen molar-refractivity contribution in [2.45, 2.75) is 44.7 Å². The molecule has 43 heavy (non-hydrogen) atoms. The highest BCUT2D eigenvalue weighted by Gasteiger charge is 2.35. The number of anilines is 1. The molecule has 0 aliphatic heterocycles. The van der Waals surface area contributed by atoms with E-state index >= 15 is 0 Å². The molecular formula is C34H36BrN3O4S. The molecule has 0 saturated carbocycles. The molecule has 4 aromatic rings. The average Bonchev–Trinajstić information content (AvgIpc) is 3.01. The Balaban J connectivity index is 1.81. The van der Waals surface area contributed by atoms with E-state index in [0.717, 1.165) is 26.7 Å². The molecule has 0 saturated heterocycles. The van der Waals surface area contributed by atoms with Crippen molar-refractivity contribution >= 4 is 43.5 Å². The van der Waals surface area contributed by atoms with Crippen molar-refractivity contribution in [1.82, 2.24) is 10.2 Å². The van der Waals surface area contributed by atoms with Gasteiger partial charge in [0.25, 0.3) is 10.0 Å². The van der Waals surface area contributed by atoms with Crippen molar-refractivity contribution in [2.24, 2.45) is 0 Å². The third kappa shape index (κ3) is 7.91. The summed E-state index contributed by atoms with van der Waals surface area (Å²) in [4.78, 5) is 29.6. The van der Waals surface area contributed by atoms with E-state index in [1.54, 1.807) is 30.3 Å². The maximum atomic E-state index is 14.4. The maximum Gasteiger partial charge on any atom is 0.264 e. The molecule has 1 N–H and O–H groups in total. The quantitative estimate of drug-likeness (QED) is 0.201. The third-order valence-corrected chi connectivity index (χ3v) is 9.65. The zero-order chi connectivity index (χ0) is 31.0. The molecule has 0 heterocycles. The summed E-state index contributed by atoms with van der Waals surface area (Å²) in [6.45, 7) is 5.60. The van der Waals surface area contributed by atoms with Crippen LogP contribution in [0, 0.1) is 13.8 Å². The van der Waals surface area contributed by atoms with Gasteiger partial charge in [-0.3, -0.25) is 13.9 Å². The fraction of sp³-hybridized carbons (Fsp3) is 0.235. The van der Waals surface area contributed by atoms with Crippen LogP contribution in [0.1, 0.15) is 29.2 Å². The van der Waals surface area contributed by atoms with Gasteiger partial charge < -0.3 is 10.2 Å². The molecule has 7 nitrogen and oxygen atoms in total. The summed E-state index contributed by atoms with van der Waals surface area (Å²) in [6.07, 6.45) is 0.268. The van der Waals surface area contributed by atoms with Gasteiger partial charge in [0.2, 0.25) is 11.8 Å². The summed E-state index contributed by atoms with van der Waals surface area (Å²) in [5.41, 5.74) is 3.75. The van der Waals surface area contributed by atoms with Gasteiger partial charge in [0.15, 0.2) is 0 Å². The molecule has 224 valence electrons. The number of hydrogen-bond acceptors (Lipinski definition) is 4. The predicted octanol–water partition coefficient (Wildman–Crippen LogP) is 6.04. The van der Waals surface area contributed by atoms with Crippen LogP contribution in [0.15, 0.2) is 112 Å². The first-order chi connectivity index (χ1) is 20.6.